The first-order chi connectivity index (χ1) is 21.8. The summed E-state index contributed by atoms with van der Waals surface area (Å²) in [6, 6.07) is 55.4. The van der Waals surface area contributed by atoms with Gasteiger partial charge in [-0.15, -0.1) is 0 Å². The minimum Gasteiger partial charge on any atom is -0.341 e. The molecule has 1 heterocycles. The van der Waals surface area contributed by atoms with E-state index in [1.54, 1.807) is 0 Å². The van der Waals surface area contributed by atoms with Crippen molar-refractivity contribution < 1.29 is 0 Å². The van der Waals surface area contributed by atoms with Crippen LogP contribution in [0.3, 0.4) is 0 Å². The molecule has 9 rings (SSSR count). The monoisotopic (exact) mass is 562 g/mol. The van der Waals surface area contributed by atoms with Crippen molar-refractivity contribution in [2.24, 2.45) is 0 Å². The highest BCUT2D eigenvalue weighted by molar-refractivity contribution is 6.33. The van der Waals surface area contributed by atoms with Gasteiger partial charge in [-0.3, -0.25) is 0 Å². The number of nitrogens with zero attached hydrogens (tertiary/aromatic N) is 2. The third kappa shape index (κ3) is 3.61. The smallest absolute Gasteiger partial charge is 0.0503 e. The van der Waals surface area contributed by atoms with E-state index >= 15 is 0 Å². The van der Waals surface area contributed by atoms with Crippen LogP contribution in [0, 0.1) is 0 Å². The van der Waals surface area contributed by atoms with E-state index in [2.05, 4.69) is 168 Å². The molecule has 0 N–H and O–H groups in total. The van der Waals surface area contributed by atoms with Crippen molar-refractivity contribution in [3.63, 3.8) is 0 Å². The van der Waals surface area contributed by atoms with E-state index in [0.29, 0.717) is 0 Å². The summed E-state index contributed by atoms with van der Waals surface area (Å²) in [5.74, 6) is 0. The van der Waals surface area contributed by atoms with E-state index in [9.17, 15) is 0 Å². The third-order valence-electron chi connectivity index (χ3n) is 9.30. The lowest BCUT2D eigenvalue weighted by Crippen LogP contribution is -2.09. The molecule has 0 spiro atoms. The van der Waals surface area contributed by atoms with Gasteiger partial charge in [0.05, 0.1) is 5.52 Å². The molecule has 9 aromatic rings. The third-order valence-corrected chi connectivity index (χ3v) is 9.30. The van der Waals surface area contributed by atoms with E-state index in [1.165, 1.54) is 65.3 Å². The van der Waals surface area contributed by atoms with Crippen LogP contribution in [0.15, 0.2) is 152 Å². The largest absolute Gasteiger partial charge is 0.341 e. The molecule has 44 heavy (non-hydrogen) atoms. The zero-order valence-corrected chi connectivity index (χ0v) is 24.5. The number of hydrogen-bond acceptors (Lipinski definition) is 1. The van der Waals surface area contributed by atoms with Crippen LogP contribution in [-0.4, -0.2) is 4.57 Å². The molecule has 8 aromatic carbocycles. The second-order valence-corrected chi connectivity index (χ2v) is 11.6. The van der Waals surface area contributed by atoms with E-state index in [1.807, 2.05) is 0 Å². The highest BCUT2D eigenvalue weighted by Gasteiger charge is 2.19. The van der Waals surface area contributed by atoms with Gasteiger partial charge in [0.2, 0.25) is 0 Å². The Bertz CT molecular complexity index is 2410. The zero-order chi connectivity index (χ0) is 29.2. The molecule has 0 bridgehead atoms. The fourth-order valence-corrected chi connectivity index (χ4v) is 7.39. The van der Waals surface area contributed by atoms with Gasteiger partial charge < -0.3 is 9.47 Å². The van der Waals surface area contributed by atoms with Crippen LogP contribution in [0.2, 0.25) is 0 Å². The molecular formula is C42H30N2. The number of aromatic nitrogens is 1. The Hall–Kier alpha value is -5.60. The first kappa shape index (κ1) is 24.9. The summed E-state index contributed by atoms with van der Waals surface area (Å²) >= 11 is 0. The first-order valence-corrected chi connectivity index (χ1v) is 15.4. The molecule has 0 aliphatic rings. The SMILES string of the molecule is CCn1c2ccccc2c2c3ccc4c(-c5ccc(N(c6ccccc6)c6ccccc6)cc5)ccc5ccc(cc21)c3c54. The van der Waals surface area contributed by atoms with Crippen molar-refractivity contribution >= 4 is 71.2 Å². The van der Waals surface area contributed by atoms with Gasteiger partial charge in [-0.2, -0.15) is 0 Å². The molecule has 0 saturated heterocycles. The van der Waals surface area contributed by atoms with Gasteiger partial charge in [-0.1, -0.05) is 103 Å². The second-order valence-electron chi connectivity index (χ2n) is 11.6. The molecule has 0 saturated carbocycles. The maximum atomic E-state index is 2.46. The lowest BCUT2D eigenvalue weighted by molar-refractivity contribution is 0.828. The van der Waals surface area contributed by atoms with Gasteiger partial charge in [-0.05, 0) is 98.9 Å². The molecule has 0 atom stereocenters. The molecule has 0 fully saturated rings. The molecule has 2 heteroatoms. The average Bonchev–Trinajstić information content (AvgIpc) is 3.41. The number of aryl methyl sites for hydroxylation is 1. The highest BCUT2D eigenvalue weighted by atomic mass is 15.1. The van der Waals surface area contributed by atoms with E-state index < -0.39 is 0 Å². The Labute approximate surface area is 256 Å². The highest BCUT2D eigenvalue weighted by Crippen LogP contribution is 2.44. The lowest BCUT2D eigenvalue weighted by atomic mass is 9.88. The van der Waals surface area contributed by atoms with Gasteiger partial charge in [-0.25, -0.2) is 0 Å². The summed E-state index contributed by atoms with van der Waals surface area (Å²) in [6.07, 6.45) is 0. The van der Waals surface area contributed by atoms with Crippen molar-refractivity contribution in [2.45, 2.75) is 13.5 Å². The Morgan fingerprint density at radius 2 is 1.05 bits per heavy atom. The van der Waals surface area contributed by atoms with Crippen LogP contribution in [0.25, 0.3) is 65.3 Å². The van der Waals surface area contributed by atoms with Crippen LogP contribution < -0.4 is 4.90 Å². The topological polar surface area (TPSA) is 8.17 Å². The second kappa shape index (κ2) is 9.72. The number of benzene rings is 8. The minimum absolute atomic E-state index is 0.948. The molecule has 0 unspecified atom stereocenters. The molecule has 0 amide bonds. The molecule has 0 radical (unpaired) electrons. The summed E-state index contributed by atoms with van der Waals surface area (Å²) in [5, 5.41) is 10.6. The van der Waals surface area contributed by atoms with Crippen LogP contribution in [-0.2, 0) is 6.54 Å². The van der Waals surface area contributed by atoms with Crippen LogP contribution in [0.5, 0.6) is 0 Å². The Balaban J connectivity index is 1.24. The van der Waals surface area contributed by atoms with E-state index in [4.69, 9.17) is 0 Å². The molecule has 208 valence electrons. The summed E-state index contributed by atoms with van der Waals surface area (Å²) in [4.78, 5) is 2.31. The Morgan fingerprint density at radius 1 is 0.455 bits per heavy atom. The molecule has 0 aliphatic carbocycles. The Morgan fingerprint density at radius 3 is 1.77 bits per heavy atom. The Kier molecular flexibility index (Phi) is 5.51. The van der Waals surface area contributed by atoms with Crippen molar-refractivity contribution in [1.82, 2.24) is 4.57 Å². The average molecular weight is 563 g/mol. The number of para-hydroxylation sites is 3. The summed E-state index contributed by atoms with van der Waals surface area (Å²) < 4.78 is 2.46. The normalized spacial score (nSPS) is 11.8. The first-order valence-electron chi connectivity index (χ1n) is 15.4. The maximum Gasteiger partial charge on any atom is 0.0503 e. The van der Waals surface area contributed by atoms with Gasteiger partial charge >= 0.3 is 0 Å². The number of hydrogen-bond donors (Lipinski definition) is 0. The summed E-state index contributed by atoms with van der Waals surface area (Å²) in [6.45, 7) is 3.19. The molecular weight excluding hydrogens is 532 g/mol. The predicted molar refractivity (Wildman–Crippen MR) is 189 cm³/mol. The minimum atomic E-state index is 0.948. The van der Waals surface area contributed by atoms with Crippen LogP contribution in [0.4, 0.5) is 17.1 Å². The number of fused-ring (bicyclic) bond motifs is 4. The standard InChI is InChI=1S/C42H30N2/c1-2-43-38-16-10-9-15-36(38)42-37-26-25-35-34(24-21-29-17-18-30(27-39(42)43)41(37)40(29)35)28-19-22-33(23-20-28)44(31-11-5-3-6-12-31)32-13-7-4-8-14-32/h3-27H,2H2,1H3. The van der Waals surface area contributed by atoms with Gasteiger partial charge in [0.15, 0.2) is 0 Å². The molecule has 2 nitrogen and oxygen atoms in total. The number of rotatable bonds is 5. The quantitative estimate of drug-likeness (QED) is 0.189. The predicted octanol–water partition coefficient (Wildman–Crippen LogP) is 11.8. The number of anilines is 3. The van der Waals surface area contributed by atoms with Crippen LogP contribution >= 0.6 is 0 Å². The lowest BCUT2D eigenvalue weighted by Gasteiger charge is -2.25. The van der Waals surface area contributed by atoms with Crippen molar-refractivity contribution in [3.05, 3.63) is 152 Å². The van der Waals surface area contributed by atoms with Gasteiger partial charge in [0.25, 0.3) is 0 Å². The van der Waals surface area contributed by atoms with Crippen molar-refractivity contribution in [1.29, 1.82) is 0 Å². The van der Waals surface area contributed by atoms with E-state index in [0.717, 1.165) is 23.6 Å². The zero-order valence-electron chi connectivity index (χ0n) is 24.5. The fraction of sp³-hybridized carbons (Fsp3) is 0.0476. The molecule has 0 aliphatic heterocycles. The fourth-order valence-electron chi connectivity index (χ4n) is 7.39. The molecule has 1 aromatic heterocycles. The van der Waals surface area contributed by atoms with E-state index in [-0.39, 0.29) is 0 Å². The van der Waals surface area contributed by atoms with Gasteiger partial charge in [0.1, 0.15) is 0 Å². The summed E-state index contributed by atoms with van der Waals surface area (Å²) in [5.41, 5.74) is 8.53. The van der Waals surface area contributed by atoms with Crippen LogP contribution in [0.1, 0.15) is 6.92 Å². The maximum absolute atomic E-state index is 2.46. The van der Waals surface area contributed by atoms with Crippen molar-refractivity contribution in [3.8, 4) is 11.1 Å². The van der Waals surface area contributed by atoms with Gasteiger partial charge in [0, 0.05) is 39.9 Å². The van der Waals surface area contributed by atoms with Crippen molar-refractivity contribution in [2.75, 3.05) is 4.90 Å². The summed E-state index contributed by atoms with van der Waals surface area (Å²) in [7, 11) is 0.